The van der Waals surface area contributed by atoms with Gasteiger partial charge in [-0.3, -0.25) is 13.9 Å². The molecule has 0 bridgehead atoms. The van der Waals surface area contributed by atoms with Gasteiger partial charge in [0.1, 0.15) is 18.3 Å². The summed E-state index contributed by atoms with van der Waals surface area (Å²) >= 11 is 0. The van der Waals surface area contributed by atoms with Crippen LogP contribution in [0.2, 0.25) is 0 Å². The lowest BCUT2D eigenvalue weighted by atomic mass is 10.1. The number of methoxy groups -OCH3 is 1. The number of rotatable bonds is 9. The second-order valence-corrected chi connectivity index (χ2v) is 11.7. The van der Waals surface area contributed by atoms with Crippen molar-refractivity contribution in [1.29, 1.82) is 0 Å². The van der Waals surface area contributed by atoms with E-state index in [0.29, 0.717) is 11.4 Å². The Bertz CT molecular complexity index is 1150. The molecule has 2 aromatic carbocycles. The van der Waals surface area contributed by atoms with Gasteiger partial charge in [-0.25, -0.2) is 8.42 Å². The van der Waals surface area contributed by atoms with Crippen molar-refractivity contribution in [3.63, 3.8) is 0 Å². The van der Waals surface area contributed by atoms with E-state index in [1.807, 2.05) is 32.9 Å². The SMILES string of the molecule is COc1cccc(CN(C(=O)CN(c2c(C)cccc2C)S(C)(=O)=O)[C@H](C)C(=O)NC(C)(C)C)c1. The van der Waals surface area contributed by atoms with Crippen LogP contribution in [0, 0.1) is 13.8 Å². The number of hydrogen-bond acceptors (Lipinski definition) is 5. The van der Waals surface area contributed by atoms with Crippen LogP contribution in [0.15, 0.2) is 42.5 Å². The van der Waals surface area contributed by atoms with E-state index >= 15 is 0 Å². The lowest BCUT2D eigenvalue weighted by molar-refractivity contribution is -0.140. The van der Waals surface area contributed by atoms with Crippen molar-refractivity contribution >= 4 is 27.5 Å². The minimum Gasteiger partial charge on any atom is -0.497 e. The molecule has 1 atom stereocenters. The van der Waals surface area contributed by atoms with E-state index in [4.69, 9.17) is 4.74 Å². The number of carbonyl (C=O) groups excluding carboxylic acids is 2. The second kappa shape index (κ2) is 11.1. The van der Waals surface area contributed by atoms with Gasteiger partial charge in [-0.1, -0.05) is 30.3 Å². The average molecular weight is 504 g/mol. The van der Waals surface area contributed by atoms with Gasteiger partial charge in [0.2, 0.25) is 21.8 Å². The van der Waals surface area contributed by atoms with Gasteiger partial charge in [0.05, 0.1) is 19.1 Å². The molecule has 0 radical (unpaired) electrons. The highest BCUT2D eigenvalue weighted by Gasteiger charge is 2.32. The maximum atomic E-state index is 13.7. The number of ether oxygens (including phenoxy) is 1. The third-order valence-corrected chi connectivity index (χ3v) is 6.63. The van der Waals surface area contributed by atoms with E-state index < -0.39 is 34.1 Å². The molecule has 0 unspecified atom stereocenters. The zero-order chi connectivity index (χ0) is 26.6. The van der Waals surface area contributed by atoms with Crippen molar-refractivity contribution in [1.82, 2.24) is 10.2 Å². The van der Waals surface area contributed by atoms with E-state index in [1.54, 1.807) is 58.2 Å². The first-order valence-corrected chi connectivity index (χ1v) is 13.3. The summed E-state index contributed by atoms with van der Waals surface area (Å²) in [5, 5.41) is 2.91. The summed E-state index contributed by atoms with van der Waals surface area (Å²) in [6.07, 6.45) is 1.08. The lowest BCUT2D eigenvalue weighted by Gasteiger charge is -2.33. The van der Waals surface area contributed by atoms with E-state index in [1.165, 1.54) is 4.90 Å². The van der Waals surface area contributed by atoms with Gasteiger partial charge in [0, 0.05) is 12.1 Å². The van der Waals surface area contributed by atoms with Gasteiger partial charge in [0.25, 0.3) is 0 Å². The van der Waals surface area contributed by atoms with Crippen LogP contribution in [-0.2, 0) is 26.2 Å². The summed E-state index contributed by atoms with van der Waals surface area (Å²) < 4.78 is 32.0. The molecule has 2 amide bonds. The molecule has 35 heavy (non-hydrogen) atoms. The fraction of sp³-hybridized carbons (Fsp3) is 0.462. The number of amides is 2. The molecule has 192 valence electrons. The molecule has 0 saturated carbocycles. The summed E-state index contributed by atoms with van der Waals surface area (Å²) in [7, 11) is -2.23. The molecule has 8 nitrogen and oxygen atoms in total. The number of nitrogens with zero attached hydrogens (tertiary/aromatic N) is 2. The summed E-state index contributed by atoms with van der Waals surface area (Å²) in [6, 6.07) is 11.8. The molecule has 0 fully saturated rings. The Kier molecular flexibility index (Phi) is 8.94. The topological polar surface area (TPSA) is 96.0 Å². The van der Waals surface area contributed by atoms with Gasteiger partial charge < -0.3 is 15.0 Å². The van der Waals surface area contributed by atoms with Gasteiger partial charge in [-0.2, -0.15) is 0 Å². The zero-order valence-corrected chi connectivity index (χ0v) is 22.7. The molecular formula is C26H37N3O5S. The first-order chi connectivity index (χ1) is 16.1. The Hall–Kier alpha value is -3.07. The number of aryl methyl sites for hydroxylation is 2. The number of carbonyl (C=O) groups is 2. The fourth-order valence-corrected chi connectivity index (χ4v) is 4.76. The van der Waals surface area contributed by atoms with Gasteiger partial charge in [-0.15, -0.1) is 0 Å². The van der Waals surface area contributed by atoms with Crippen LogP contribution >= 0.6 is 0 Å². The van der Waals surface area contributed by atoms with E-state index in [2.05, 4.69) is 5.32 Å². The van der Waals surface area contributed by atoms with Gasteiger partial charge in [0.15, 0.2) is 0 Å². The smallest absolute Gasteiger partial charge is 0.244 e. The van der Waals surface area contributed by atoms with Crippen molar-refractivity contribution in [3.05, 3.63) is 59.2 Å². The van der Waals surface area contributed by atoms with Crippen molar-refractivity contribution in [3.8, 4) is 5.75 Å². The van der Waals surface area contributed by atoms with Crippen LogP contribution in [-0.4, -0.2) is 56.6 Å². The van der Waals surface area contributed by atoms with Crippen molar-refractivity contribution in [2.24, 2.45) is 0 Å². The molecule has 2 aromatic rings. The van der Waals surface area contributed by atoms with Crippen LogP contribution in [0.4, 0.5) is 5.69 Å². The number of para-hydroxylation sites is 1. The molecule has 0 spiro atoms. The molecule has 0 aliphatic heterocycles. The quantitative estimate of drug-likeness (QED) is 0.566. The first-order valence-electron chi connectivity index (χ1n) is 11.4. The second-order valence-electron chi connectivity index (χ2n) is 9.80. The number of nitrogens with one attached hydrogen (secondary N) is 1. The number of benzene rings is 2. The van der Waals surface area contributed by atoms with Crippen LogP contribution in [0.25, 0.3) is 0 Å². The largest absolute Gasteiger partial charge is 0.497 e. The lowest BCUT2D eigenvalue weighted by Crippen LogP contribution is -2.54. The van der Waals surface area contributed by atoms with Gasteiger partial charge in [-0.05, 0) is 70.4 Å². The third-order valence-electron chi connectivity index (χ3n) is 5.52. The number of sulfonamides is 1. The van der Waals surface area contributed by atoms with E-state index in [0.717, 1.165) is 27.3 Å². The molecular weight excluding hydrogens is 466 g/mol. The summed E-state index contributed by atoms with van der Waals surface area (Å²) in [6.45, 7) is 10.5. The Balaban J connectivity index is 2.48. The highest BCUT2D eigenvalue weighted by Crippen LogP contribution is 2.27. The molecule has 1 N–H and O–H groups in total. The van der Waals surface area contributed by atoms with Crippen molar-refractivity contribution in [2.75, 3.05) is 24.2 Å². The monoisotopic (exact) mass is 503 g/mol. The Morgan fingerprint density at radius 2 is 1.63 bits per heavy atom. The maximum Gasteiger partial charge on any atom is 0.244 e. The summed E-state index contributed by atoms with van der Waals surface area (Å²) in [5.74, 6) is -0.195. The Morgan fingerprint density at radius 3 is 2.14 bits per heavy atom. The van der Waals surface area contributed by atoms with Crippen LogP contribution in [0.5, 0.6) is 5.75 Å². The first kappa shape index (κ1) is 28.2. The Labute approximate surface area is 209 Å². The highest BCUT2D eigenvalue weighted by molar-refractivity contribution is 7.92. The maximum absolute atomic E-state index is 13.7. The summed E-state index contributed by atoms with van der Waals surface area (Å²) in [5.41, 5.74) is 2.21. The van der Waals surface area contributed by atoms with Crippen LogP contribution in [0.1, 0.15) is 44.4 Å². The van der Waals surface area contributed by atoms with E-state index in [-0.39, 0.29) is 12.5 Å². The summed E-state index contributed by atoms with van der Waals surface area (Å²) in [4.78, 5) is 28.1. The fourth-order valence-electron chi connectivity index (χ4n) is 3.80. The molecule has 0 aliphatic carbocycles. The predicted molar refractivity (Wildman–Crippen MR) is 139 cm³/mol. The molecule has 0 saturated heterocycles. The molecule has 9 heteroatoms. The van der Waals surface area contributed by atoms with Crippen LogP contribution < -0.4 is 14.4 Å². The normalized spacial score (nSPS) is 12.6. The predicted octanol–water partition coefficient (Wildman–Crippen LogP) is 3.41. The molecule has 2 rings (SSSR count). The number of hydrogen-bond donors (Lipinski definition) is 1. The van der Waals surface area contributed by atoms with Crippen LogP contribution in [0.3, 0.4) is 0 Å². The Morgan fingerprint density at radius 1 is 1.06 bits per heavy atom. The number of anilines is 1. The highest BCUT2D eigenvalue weighted by atomic mass is 32.2. The van der Waals surface area contributed by atoms with Crippen molar-refractivity contribution in [2.45, 2.75) is 59.7 Å². The molecule has 0 aromatic heterocycles. The minimum atomic E-state index is -3.78. The average Bonchev–Trinajstić information content (AvgIpc) is 2.74. The minimum absolute atomic E-state index is 0.110. The molecule has 0 heterocycles. The standard InChI is InChI=1S/C26H37N3O5S/c1-18-11-9-12-19(2)24(18)29(35(8,32)33)17-23(30)28(20(3)25(31)27-26(4,5)6)16-21-13-10-14-22(15-21)34-7/h9-15,20H,16-17H2,1-8H3,(H,27,31)/t20-/m1/s1. The third kappa shape index (κ3) is 7.71. The van der Waals surface area contributed by atoms with E-state index in [9.17, 15) is 18.0 Å². The zero-order valence-electron chi connectivity index (χ0n) is 21.9. The van der Waals surface area contributed by atoms with Gasteiger partial charge >= 0.3 is 0 Å². The molecule has 0 aliphatic rings. The van der Waals surface area contributed by atoms with Crippen molar-refractivity contribution < 1.29 is 22.7 Å².